The number of hydrogen-bond acceptors (Lipinski definition) is 14. The molecule has 0 amide bonds. The summed E-state index contributed by atoms with van der Waals surface area (Å²) in [5, 5.41) is 42.5. The van der Waals surface area contributed by atoms with Crippen LogP contribution in [0, 0.1) is 0 Å². The first kappa shape index (κ1) is 42.1. The second-order valence-electron chi connectivity index (χ2n) is 13.6. The van der Waals surface area contributed by atoms with E-state index in [-0.39, 0.29) is 65.4 Å². The van der Waals surface area contributed by atoms with E-state index in [0.29, 0.717) is 0 Å². The Bertz CT molecular complexity index is 757. The quantitative estimate of drug-likeness (QED) is 0.0665. The Morgan fingerprint density at radius 1 is 0.591 bits per heavy atom. The van der Waals surface area contributed by atoms with Gasteiger partial charge < -0.3 is 54.2 Å². The minimum atomic E-state index is -1.67. The minimum absolute atomic E-state index is 0.0252. The zero-order valence-electron chi connectivity index (χ0n) is 28.0. The molecule has 0 unspecified atom stereocenters. The van der Waals surface area contributed by atoms with E-state index in [1.807, 2.05) is 0 Å². The summed E-state index contributed by atoms with van der Waals surface area (Å²) in [6, 6.07) is 0. The molecule has 0 aromatic carbocycles. The van der Waals surface area contributed by atoms with Gasteiger partial charge in [0, 0.05) is 6.54 Å². The third-order valence-corrected chi connectivity index (χ3v) is 5.41. The second kappa shape index (κ2) is 19.6. The van der Waals surface area contributed by atoms with Crippen molar-refractivity contribution in [1.82, 2.24) is 5.32 Å². The van der Waals surface area contributed by atoms with Crippen LogP contribution in [-0.4, -0.2) is 132 Å². The first-order valence-electron chi connectivity index (χ1n) is 14.9. The minimum Gasteiger partial charge on any atom is -0.460 e. The molecular formula is C30H57NO13. The lowest BCUT2D eigenvalue weighted by Crippen LogP contribution is -2.60. The molecule has 0 bridgehead atoms. The molecule has 260 valence electrons. The van der Waals surface area contributed by atoms with Crippen molar-refractivity contribution in [2.75, 3.05) is 52.8 Å². The molecule has 0 aliphatic rings. The molecule has 0 aromatic heterocycles. The largest absolute Gasteiger partial charge is 0.460 e. The van der Waals surface area contributed by atoms with Crippen molar-refractivity contribution in [1.29, 1.82) is 0 Å². The first-order valence-corrected chi connectivity index (χ1v) is 14.9. The molecule has 0 saturated heterocycles. The number of ether oxygens (including phenoxy) is 6. The number of aliphatic hydroxyl groups excluding tert-OH is 4. The highest BCUT2D eigenvalue weighted by Crippen LogP contribution is 2.14. The number of aliphatic hydroxyl groups is 4. The van der Waals surface area contributed by atoms with E-state index in [2.05, 4.69) is 5.32 Å². The molecule has 14 nitrogen and oxygen atoms in total. The number of nitrogens with one attached hydrogen (secondary N) is 1. The SMILES string of the molecule is CC(C)(C)OC(=O)CCOCC(COCCC(=O)OC(C)(C)C)(COCCC(=O)OC(C)(C)C)NC[C@H](O)[C@@H](O)[C@H](O)CO. The lowest BCUT2D eigenvalue weighted by atomic mass is 10.0. The summed E-state index contributed by atoms with van der Waals surface area (Å²) >= 11 is 0. The molecule has 0 rings (SSSR count). The van der Waals surface area contributed by atoms with Crippen LogP contribution in [0.15, 0.2) is 0 Å². The highest BCUT2D eigenvalue weighted by Gasteiger charge is 2.34. The van der Waals surface area contributed by atoms with Gasteiger partial charge in [-0.15, -0.1) is 0 Å². The lowest BCUT2D eigenvalue weighted by Gasteiger charge is -2.36. The molecule has 0 radical (unpaired) electrons. The number of carbonyl (C=O) groups is 3. The van der Waals surface area contributed by atoms with Gasteiger partial charge in [0.05, 0.1) is 77.2 Å². The fourth-order valence-electron chi connectivity index (χ4n) is 3.53. The van der Waals surface area contributed by atoms with Gasteiger partial charge in [0.1, 0.15) is 29.0 Å². The van der Waals surface area contributed by atoms with Crippen LogP contribution in [0.1, 0.15) is 81.6 Å². The van der Waals surface area contributed by atoms with E-state index >= 15 is 0 Å². The highest BCUT2D eigenvalue weighted by atomic mass is 16.6. The van der Waals surface area contributed by atoms with Crippen LogP contribution in [0.4, 0.5) is 0 Å². The number of β-amino-alcohol motifs (C(OH)–C–C–N with tert-alkyl or cyclic N) is 1. The maximum Gasteiger partial charge on any atom is 0.308 e. The number of hydrogen-bond donors (Lipinski definition) is 5. The smallest absolute Gasteiger partial charge is 0.308 e. The van der Waals surface area contributed by atoms with Crippen LogP contribution in [0.5, 0.6) is 0 Å². The number of rotatable bonds is 21. The van der Waals surface area contributed by atoms with Crippen molar-refractivity contribution < 1.29 is 63.2 Å². The molecular weight excluding hydrogens is 582 g/mol. The third kappa shape index (κ3) is 21.7. The fourth-order valence-corrected chi connectivity index (χ4v) is 3.53. The Morgan fingerprint density at radius 3 is 1.18 bits per heavy atom. The molecule has 3 atom stereocenters. The monoisotopic (exact) mass is 639 g/mol. The van der Waals surface area contributed by atoms with Gasteiger partial charge in [-0.25, -0.2) is 0 Å². The second-order valence-corrected chi connectivity index (χ2v) is 13.6. The van der Waals surface area contributed by atoms with Gasteiger partial charge in [0.25, 0.3) is 0 Å². The van der Waals surface area contributed by atoms with Crippen LogP contribution >= 0.6 is 0 Å². The summed E-state index contributed by atoms with van der Waals surface area (Å²) in [6.07, 6.45) is -4.90. The summed E-state index contributed by atoms with van der Waals surface area (Å²) < 4.78 is 33.3. The van der Waals surface area contributed by atoms with Gasteiger partial charge in [-0.2, -0.15) is 0 Å². The van der Waals surface area contributed by atoms with Crippen molar-refractivity contribution in [3.63, 3.8) is 0 Å². The van der Waals surface area contributed by atoms with Crippen molar-refractivity contribution >= 4 is 17.9 Å². The molecule has 0 aliphatic carbocycles. The molecule has 44 heavy (non-hydrogen) atoms. The maximum absolute atomic E-state index is 12.2. The van der Waals surface area contributed by atoms with Crippen LogP contribution < -0.4 is 5.32 Å². The van der Waals surface area contributed by atoms with Crippen molar-refractivity contribution in [3.05, 3.63) is 0 Å². The average molecular weight is 640 g/mol. The van der Waals surface area contributed by atoms with E-state index < -0.39 is 65.2 Å². The highest BCUT2D eigenvalue weighted by molar-refractivity contribution is 5.70. The maximum atomic E-state index is 12.2. The van der Waals surface area contributed by atoms with Crippen LogP contribution in [0.3, 0.4) is 0 Å². The Morgan fingerprint density at radius 2 is 0.909 bits per heavy atom. The van der Waals surface area contributed by atoms with Crippen LogP contribution in [0.25, 0.3) is 0 Å². The molecule has 0 aromatic rings. The summed E-state index contributed by atoms with van der Waals surface area (Å²) in [7, 11) is 0. The van der Waals surface area contributed by atoms with Gasteiger partial charge in [-0.1, -0.05) is 0 Å². The summed E-state index contributed by atoms with van der Waals surface area (Å²) in [4.78, 5) is 36.5. The average Bonchev–Trinajstić information content (AvgIpc) is 2.86. The molecule has 0 saturated carbocycles. The molecule has 0 heterocycles. The van der Waals surface area contributed by atoms with Crippen molar-refractivity contribution in [2.45, 2.75) is 122 Å². The van der Waals surface area contributed by atoms with Gasteiger partial charge >= 0.3 is 17.9 Å². The predicted octanol–water partition coefficient (Wildman–Crippen LogP) is 0.635. The zero-order chi connectivity index (χ0) is 34.2. The van der Waals surface area contributed by atoms with Gasteiger partial charge in [0.2, 0.25) is 0 Å². The molecule has 5 N–H and O–H groups in total. The van der Waals surface area contributed by atoms with Crippen LogP contribution in [-0.2, 0) is 42.8 Å². The van der Waals surface area contributed by atoms with E-state index in [4.69, 9.17) is 33.5 Å². The van der Waals surface area contributed by atoms with Gasteiger partial charge in [-0.3, -0.25) is 14.4 Å². The normalized spacial score (nSPS) is 14.9. The molecule has 0 aliphatic heterocycles. The number of carbonyl (C=O) groups excluding carboxylic acids is 3. The number of esters is 3. The predicted molar refractivity (Wildman–Crippen MR) is 160 cm³/mol. The third-order valence-electron chi connectivity index (χ3n) is 5.41. The lowest BCUT2D eigenvalue weighted by molar-refractivity contribution is -0.157. The van der Waals surface area contributed by atoms with E-state index in [9.17, 15) is 29.7 Å². The Kier molecular flexibility index (Phi) is 18.7. The molecule has 0 fully saturated rings. The van der Waals surface area contributed by atoms with E-state index in [1.54, 1.807) is 62.3 Å². The first-order chi connectivity index (χ1) is 20.1. The summed E-state index contributed by atoms with van der Waals surface area (Å²) in [5.74, 6) is -1.39. The Hall–Kier alpha value is -1.91. The Labute approximate surface area is 261 Å². The van der Waals surface area contributed by atoms with E-state index in [1.165, 1.54) is 0 Å². The molecule has 0 spiro atoms. The van der Waals surface area contributed by atoms with Crippen molar-refractivity contribution in [3.8, 4) is 0 Å². The van der Waals surface area contributed by atoms with Gasteiger partial charge in [0.15, 0.2) is 0 Å². The Balaban J connectivity index is 5.68. The van der Waals surface area contributed by atoms with Crippen molar-refractivity contribution in [2.24, 2.45) is 0 Å². The topological polar surface area (TPSA) is 200 Å². The van der Waals surface area contributed by atoms with E-state index in [0.717, 1.165) is 0 Å². The summed E-state index contributed by atoms with van der Waals surface area (Å²) in [6.45, 7) is 14.2. The van der Waals surface area contributed by atoms with Gasteiger partial charge in [-0.05, 0) is 62.3 Å². The van der Waals surface area contributed by atoms with Crippen LogP contribution in [0.2, 0.25) is 0 Å². The standard InChI is InChI=1S/C30H57NO13/c1-27(2,3)42-23(35)10-13-39-18-30(31-16-21(33)26(38)22(34)17-32,19-40-14-11-24(36)43-28(4,5)6)20-41-15-12-25(37)44-29(7,8)9/h21-22,26,31-34,38H,10-20H2,1-9H3/t21-,22+,26+/m0/s1. The molecule has 14 heteroatoms. The fraction of sp³-hybridized carbons (Fsp3) is 0.900. The zero-order valence-corrected chi connectivity index (χ0v) is 28.0. The summed E-state index contributed by atoms with van der Waals surface area (Å²) in [5.41, 5.74) is -3.21.